The standard InChI is InChI=1S/C15H9F9N4O/c16-13(17,18)8-3-7(12-10(6-25)26-28-27-12)4-9(5-8)29-2-1-11(14(19,20)21)15(22,23)24/h3-5,11H,1-2H2,(H,26,27,28). The molecular weight excluding hydrogens is 423 g/mol. The van der Waals surface area contributed by atoms with Gasteiger partial charge in [-0.1, -0.05) is 5.21 Å². The van der Waals surface area contributed by atoms with Crippen molar-refractivity contribution in [3.05, 3.63) is 29.5 Å². The van der Waals surface area contributed by atoms with Crippen LogP contribution in [-0.2, 0) is 6.18 Å². The van der Waals surface area contributed by atoms with Crippen molar-refractivity contribution in [1.29, 1.82) is 5.26 Å². The summed E-state index contributed by atoms with van der Waals surface area (Å²) in [6, 6.07) is 3.48. The molecule has 1 heterocycles. The zero-order chi connectivity index (χ0) is 22.0. The van der Waals surface area contributed by atoms with Crippen molar-refractivity contribution in [3.8, 4) is 23.1 Å². The molecule has 0 radical (unpaired) electrons. The predicted molar refractivity (Wildman–Crippen MR) is 77.2 cm³/mol. The molecule has 5 nitrogen and oxygen atoms in total. The Morgan fingerprint density at radius 2 is 1.62 bits per heavy atom. The molecular formula is C15H9F9N4O. The van der Waals surface area contributed by atoms with E-state index < -0.39 is 48.8 Å². The molecule has 1 aromatic heterocycles. The van der Waals surface area contributed by atoms with Gasteiger partial charge in [-0.2, -0.15) is 44.8 Å². The van der Waals surface area contributed by atoms with Crippen molar-refractivity contribution < 1.29 is 44.3 Å². The van der Waals surface area contributed by atoms with Gasteiger partial charge in [0.2, 0.25) is 0 Å². The number of alkyl halides is 9. The lowest BCUT2D eigenvalue weighted by atomic mass is 10.0. The lowest BCUT2D eigenvalue weighted by molar-refractivity contribution is -0.286. The second kappa shape index (κ2) is 7.80. The molecule has 0 spiro atoms. The van der Waals surface area contributed by atoms with Crippen LogP contribution in [0.4, 0.5) is 39.5 Å². The van der Waals surface area contributed by atoms with Crippen LogP contribution >= 0.6 is 0 Å². The quantitative estimate of drug-likeness (QED) is 0.685. The maximum absolute atomic E-state index is 13.1. The van der Waals surface area contributed by atoms with E-state index in [-0.39, 0.29) is 17.0 Å². The van der Waals surface area contributed by atoms with E-state index >= 15 is 0 Å². The number of nitriles is 1. The van der Waals surface area contributed by atoms with Gasteiger partial charge < -0.3 is 4.74 Å². The maximum Gasteiger partial charge on any atom is 0.416 e. The Kier molecular flexibility index (Phi) is 6.00. The predicted octanol–water partition coefficient (Wildman–Crippen LogP) is 4.87. The van der Waals surface area contributed by atoms with E-state index in [1.165, 1.54) is 0 Å². The van der Waals surface area contributed by atoms with Crippen LogP contribution in [0.5, 0.6) is 5.75 Å². The lowest BCUT2D eigenvalue weighted by Crippen LogP contribution is -2.37. The number of rotatable bonds is 5. The summed E-state index contributed by atoms with van der Waals surface area (Å²) in [5.74, 6) is -4.34. The molecule has 0 amide bonds. The number of H-pyrrole nitrogens is 1. The average Bonchev–Trinajstić information content (AvgIpc) is 3.04. The van der Waals surface area contributed by atoms with Gasteiger partial charge in [0, 0.05) is 12.0 Å². The SMILES string of the molecule is N#Cc1[nH]nnc1-c1cc(OCCC(C(F)(F)F)C(F)(F)F)cc(C(F)(F)F)c1. The van der Waals surface area contributed by atoms with E-state index in [1.54, 1.807) is 6.07 Å². The topological polar surface area (TPSA) is 74.6 Å². The van der Waals surface area contributed by atoms with Gasteiger partial charge >= 0.3 is 18.5 Å². The highest BCUT2D eigenvalue weighted by atomic mass is 19.4. The molecule has 1 N–H and O–H groups in total. The van der Waals surface area contributed by atoms with Gasteiger partial charge in [-0.3, -0.25) is 0 Å². The summed E-state index contributed by atoms with van der Waals surface area (Å²) in [5.41, 5.74) is -2.22. The molecule has 0 saturated carbocycles. The Balaban J connectivity index is 2.31. The Hall–Kier alpha value is -2.98. The molecule has 0 aliphatic rings. The minimum absolute atomic E-state index is 0.299. The van der Waals surface area contributed by atoms with E-state index in [9.17, 15) is 39.5 Å². The van der Waals surface area contributed by atoms with E-state index in [0.717, 1.165) is 6.07 Å². The van der Waals surface area contributed by atoms with E-state index in [4.69, 9.17) is 10.00 Å². The molecule has 0 aliphatic heterocycles. The Labute approximate surface area is 156 Å². The van der Waals surface area contributed by atoms with Crippen molar-refractivity contribution in [2.24, 2.45) is 5.92 Å². The minimum Gasteiger partial charge on any atom is -0.494 e. The summed E-state index contributed by atoms with van der Waals surface area (Å²) in [6.45, 7) is -1.16. The third kappa shape index (κ3) is 5.52. The molecule has 2 rings (SSSR count). The van der Waals surface area contributed by atoms with E-state index in [2.05, 4.69) is 15.4 Å². The van der Waals surface area contributed by atoms with Gasteiger partial charge in [-0.25, -0.2) is 5.10 Å². The highest BCUT2D eigenvalue weighted by molar-refractivity contribution is 5.67. The van der Waals surface area contributed by atoms with Crippen molar-refractivity contribution in [2.45, 2.75) is 24.9 Å². The fourth-order valence-corrected chi connectivity index (χ4v) is 2.30. The Morgan fingerprint density at radius 1 is 1.00 bits per heavy atom. The summed E-state index contributed by atoms with van der Waals surface area (Å²) in [6.07, 6.45) is -17.6. The maximum atomic E-state index is 13.1. The second-order valence-electron chi connectivity index (χ2n) is 5.66. The second-order valence-corrected chi connectivity index (χ2v) is 5.66. The molecule has 0 aliphatic carbocycles. The summed E-state index contributed by atoms with van der Waals surface area (Å²) in [4.78, 5) is 0. The molecule has 0 atom stereocenters. The fourth-order valence-electron chi connectivity index (χ4n) is 2.30. The molecule has 0 unspecified atom stereocenters. The molecule has 2 aromatic rings. The molecule has 14 heteroatoms. The van der Waals surface area contributed by atoms with Gasteiger partial charge in [0.15, 0.2) is 11.6 Å². The zero-order valence-electron chi connectivity index (χ0n) is 13.9. The van der Waals surface area contributed by atoms with Crippen LogP contribution in [0.3, 0.4) is 0 Å². The third-order valence-corrected chi connectivity index (χ3v) is 3.63. The number of aromatic nitrogens is 3. The van der Waals surface area contributed by atoms with Crippen molar-refractivity contribution in [1.82, 2.24) is 15.4 Å². The van der Waals surface area contributed by atoms with Crippen LogP contribution in [0.25, 0.3) is 11.3 Å². The highest BCUT2D eigenvalue weighted by Gasteiger charge is 2.56. The number of hydrogen-bond acceptors (Lipinski definition) is 4. The highest BCUT2D eigenvalue weighted by Crippen LogP contribution is 2.41. The number of hydrogen-bond donors (Lipinski definition) is 1. The molecule has 1 aromatic carbocycles. The minimum atomic E-state index is -5.59. The summed E-state index contributed by atoms with van der Waals surface area (Å²) in [5, 5.41) is 17.7. The van der Waals surface area contributed by atoms with Gasteiger partial charge in [-0.15, -0.1) is 5.10 Å². The van der Waals surface area contributed by atoms with Crippen LogP contribution in [-0.4, -0.2) is 34.4 Å². The van der Waals surface area contributed by atoms with Crippen LogP contribution in [0.2, 0.25) is 0 Å². The monoisotopic (exact) mass is 432 g/mol. The summed E-state index contributed by atoms with van der Waals surface area (Å²) < 4.78 is 119. The first-order valence-corrected chi connectivity index (χ1v) is 7.53. The number of aromatic amines is 1. The van der Waals surface area contributed by atoms with Crippen LogP contribution in [0.15, 0.2) is 18.2 Å². The number of ether oxygens (including phenoxy) is 1. The number of nitrogens with one attached hydrogen (secondary N) is 1. The Morgan fingerprint density at radius 3 is 2.14 bits per heavy atom. The first-order valence-electron chi connectivity index (χ1n) is 7.53. The van der Waals surface area contributed by atoms with Crippen molar-refractivity contribution >= 4 is 0 Å². The van der Waals surface area contributed by atoms with Crippen LogP contribution in [0, 0.1) is 17.2 Å². The van der Waals surface area contributed by atoms with Crippen LogP contribution in [0.1, 0.15) is 17.7 Å². The number of benzene rings is 1. The lowest BCUT2D eigenvalue weighted by Gasteiger charge is -2.23. The van der Waals surface area contributed by atoms with Crippen molar-refractivity contribution in [2.75, 3.05) is 6.61 Å². The normalized spacial score (nSPS) is 12.9. The molecule has 0 bridgehead atoms. The fraction of sp³-hybridized carbons (Fsp3) is 0.400. The average molecular weight is 432 g/mol. The third-order valence-electron chi connectivity index (χ3n) is 3.63. The molecule has 0 saturated heterocycles. The smallest absolute Gasteiger partial charge is 0.416 e. The van der Waals surface area contributed by atoms with Gasteiger partial charge in [0.1, 0.15) is 17.5 Å². The number of nitrogens with zero attached hydrogens (tertiary/aromatic N) is 3. The first-order chi connectivity index (χ1) is 13.2. The van der Waals surface area contributed by atoms with Crippen LogP contribution < -0.4 is 4.74 Å². The zero-order valence-corrected chi connectivity index (χ0v) is 13.9. The Bertz CT molecular complexity index is 879. The molecule has 158 valence electrons. The van der Waals surface area contributed by atoms with E-state index in [0.29, 0.717) is 12.1 Å². The first kappa shape index (κ1) is 22.3. The summed E-state index contributed by atoms with van der Waals surface area (Å²) in [7, 11) is 0. The van der Waals surface area contributed by atoms with Crippen molar-refractivity contribution in [3.63, 3.8) is 0 Å². The molecule has 29 heavy (non-hydrogen) atoms. The van der Waals surface area contributed by atoms with Gasteiger partial charge in [0.05, 0.1) is 12.2 Å². The van der Waals surface area contributed by atoms with Gasteiger partial charge in [0.25, 0.3) is 0 Å². The van der Waals surface area contributed by atoms with Gasteiger partial charge in [-0.05, 0) is 18.2 Å². The number of halogens is 9. The molecule has 0 fully saturated rings. The summed E-state index contributed by atoms with van der Waals surface area (Å²) >= 11 is 0. The largest absolute Gasteiger partial charge is 0.494 e. The van der Waals surface area contributed by atoms with E-state index in [1.807, 2.05) is 0 Å².